The molecule has 2 atom stereocenters. The summed E-state index contributed by atoms with van der Waals surface area (Å²) in [5, 5.41) is 30.9. The van der Waals surface area contributed by atoms with Crippen molar-refractivity contribution in [3.63, 3.8) is 0 Å². The average Bonchev–Trinajstić information content (AvgIpc) is 3.63. The lowest BCUT2D eigenvalue weighted by Gasteiger charge is -2.30. The van der Waals surface area contributed by atoms with E-state index in [9.17, 15) is 15.0 Å². The van der Waals surface area contributed by atoms with Crippen molar-refractivity contribution in [2.24, 2.45) is 5.16 Å². The van der Waals surface area contributed by atoms with Gasteiger partial charge in [0.05, 0.1) is 24.5 Å². The predicted octanol–water partition coefficient (Wildman–Crippen LogP) is 3.85. The van der Waals surface area contributed by atoms with Crippen molar-refractivity contribution in [2.75, 3.05) is 6.61 Å². The molecule has 11 heteroatoms. The first-order valence-corrected chi connectivity index (χ1v) is 15.5. The van der Waals surface area contributed by atoms with Gasteiger partial charge in [-0.2, -0.15) is 10.1 Å². The monoisotopic (exact) mass is 600 g/mol. The van der Waals surface area contributed by atoms with Gasteiger partial charge in [0.15, 0.2) is 5.84 Å². The molecule has 2 aromatic heterocycles. The summed E-state index contributed by atoms with van der Waals surface area (Å²) >= 11 is 0. The number of rotatable bonds is 10. The number of amidine groups is 1. The molecule has 1 aliphatic heterocycles. The van der Waals surface area contributed by atoms with Crippen molar-refractivity contribution in [3.05, 3.63) is 87.1 Å². The number of aromatic nitrogens is 4. The number of benzene rings is 2. The quantitative estimate of drug-likeness (QED) is 0.250. The van der Waals surface area contributed by atoms with Crippen LogP contribution in [0.5, 0.6) is 0 Å². The highest BCUT2D eigenvalue weighted by Gasteiger charge is 2.29. The summed E-state index contributed by atoms with van der Waals surface area (Å²) in [5.41, 5.74) is 5.44. The Kier molecular flexibility index (Phi) is 8.79. The van der Waals surface area contributed by atoms with Gasteiger partial charge in [0.1, 0.15) is 5.82 Å². The smallest absolute Gasteiger partial charge is 0.304 e. The van der Waals surface area contributed by atoms with Crippen molar-refractivity contribution in [3.8, 4) is 11.1 Å². The average molecular weight is 601 g/mol. The van der Waals surface area contributed by atoms with Crippen molar-refractivity contribution in [1.29, 1.82) is 0 Å². The van der Waals surface area contributed by atoms with Gasteiger partial charge < -0.3 is 25.1 Å². The highest BCUT2D eigenvalue weighted by Crippen LogP contribution is 2.31. The van der Waals surface area contributed by atoms with Gasteiger partial charge in [-0.15, -0.1) is 0 Å². The zero-order chi connectivity index (χ0) is 30.8. The van der Waals surface area contributed by atoms with Crippen LogP contribution in [0.25, 0.3) is 16.9 Å². The van der Waals surface area contributed by atoms with E-state index >= 15 is 0 Å². The minimum atomic E-state index is -1.16. The maximum atomic E-state index is 14.4. The molecule has 0 bridgehead atoms. The molecule has 0 radical (unpaired) electrons. The van der Waals surface area contributed by atoms with Crippen LogP contribution in [0.15, 0.2) is 58.5 Å². The number of fused-ring (bicyclic) bond motifs is 1. The van der Waals surface area contributed by atoms with Gasteiger partial charge in [0.25, 0.3) is 5.56 Å². The van der Waals surface area contributed by atoms with E-state index in [0.717, 1.165) is 72.0 Å². The van der Waals surface area contributed by atoms with Crippen LogP contribution in [0.2, 0.25) is 0 Å². The number of ether oxygens (including phenoxy) is 1. The second-order valence-electron chi connectivity index (χ2n) is 11.8. The second kappa shape index (κ2) is 12.9. The van der Waals surface area contributed by atoms with Gasteiger partial charge in [0.2, 0.25) is 5.78 Å². The minimum absolute atomic E-state index is 0.00000187. The molecular formula is C33H40N6O5. The van der Waals surface area contributed by atoms with Crippen molar-refractivity contribution >= 4 is 11.6 Å². The van der Waals surface area contributed by atoms with Gasteiger partial charge in [-0.25, -0.2) is 4.52 Å². The van der Waals surface area contributed by atoms with Crippen molar-refractivity contribution in [1.82, 2.24) is 24.5 Å². The molecule has 4 aromatic rings. The van der Waals surface area contributed by atoms with E-state index in [1.165, 1.54) is 0 Å². The van der Waals surface area contributed by atoms with Crippen molar-refractivity contribution < 1.29 is 19.8 Å². The standard InChI is InChI=1S/C33H40N6O5/c1-4-7-29-28(18-22-10-12-23(13-11-22)26-8-5-6-9-27(26)30-35-33(42)44-37-30)31(41)38(32-34-21(3)36-39(29)32)24-14-16-25(17-15-24)43-19-20(2)40/h5-6,8-13,20,24-25,33,40,42H,4,7,14-19H2,1-3H3,(H,35,37)/t20?,24-,25-,33?. The van der Waals surface area contributed by atoms with E-state index in [1.807, 2.05) is 52.4 Å². The lowest BCUT2D eigenvalue weighted by Crippen LogP contribution is -2.35. The van der Waals surface area contributed by atoms with E-state index in [4.69, 9.17) is 19.7 Å². The number of nitrogens with zero attached hydrogens (tertiary/aromatic N) is 5. The van der Waals surface area contributed by atoms with Crippen molar-refractivity contribution in [2.45, 2.75) is 90.4 Å². The molecule has 2 unspecified atom stereocenters. The first-order chi connectivity index (χ1) is 21.3. The summed E-state index contributed by atoms with van der Waals surface area (Å²) in [7, 11) is 0. The Morgan fingerprint density at radius 2 is 1.82 bits per heavy atom. The Morgan fingerprint density at radius 1 is 1.09 bits per heavy atom. The largest absolute Gasteiger partial charge is 0.391 e. The number of nitrogens with one attached hydrogen (secondary N) is 1. The van der Waals surface area contributed by atoms with Crippen LogP contribution in [0, 0.1) is 6.92 Å². The second-order valence-corrected chi connectivity index (χ2v) is 11.8. The van der Waals surface area contributed by atoms with Gasteiger partial charge in [0, 0.05) is 23.6 Å². The number of oxime groups is 1. The Labute approximate surface area is 256 Å². The molecule has 0 spiro atoms. The summed E-state index contributed by atoms with van der Waals surface area (Å²) in [5.74, 6) is 1.73. The Hall–Kier alpha value is -4.06. The fourth-order valence-electron chi connectivity index (χ4n) is 6.32. The molecule has 1 saturated carbocycles. The fraction of sp³-hybridized carbons (Fsp3) is 0.455. The SMILES string of the molecule is CCCc1c(Cc2ccc(-c3ccccc3C3=NOC(O)N3)cc2)c(=O)n([C@H]2CC[C@H](OCC(C)O)CC2)c2nc(C)nn12. The number of aliphatic hydroxyl groups is 2. The molecule has 0 amide bonds. The maximum Gasteiger partial charge on any atom is 0.304 e. The summed E-state index contributed by atoms with van der Waals surface area (Å²) < 4.78 is 9.65. The van der Waals surface area contributed by atoms with Gasteiger partial charge >= 0.3 is 6.41 Å². The molecule has 1 aliphatic carbocycles. The normalized spacial score (nSPS) is 20.8. The highest BCUT2D eigenvalue weighted by molar-refractivity contribution is 6.04. The van der Waals surface area contributed by atoms with E-state index in [1.54, 1.807) is 6.92 Å². The van der Waals surface area contributed by atoms with Crippen LogP contribution in [-0.4, -0.2) is 60.4 Å². The zero-order valence-electron chi connectivity index (χ0n) is 25.4. The zero-order valence-corrected chi connectivity index (χ0v) is 25.4. The van der Waals surface area contributed by atoms with Gasteiger partial charge in [-0.05, 0) is 62.6 Å². The maximum absolute atomic E-state index is 14.4. The van der Waals surface area contributed by atoms with Gasteiger partial charge in [-0.1, -0.05) is 67.0 Å². The lowest BCUT2D eigenvalue weighted by atomic mass is 9.92. The molecule has 2 aromatic carbocycles. The molecule has 2 aliphatic rings. The van der Waals surface area contributed by atoms with E-state index in [2.05, 4.69) is 29.5 Å². The third-order valence-electron chi connectivity index (χ3n) is 8.39. The molecule has 3 heterocycles. The summed E-state index contributed by atoms with van der Waals surface area (Å²) in [6, 6.07) is 16.0. The molecule has 0 saturated heterocycles. The van der Waals surface area contributed by atoms with Crippen LogP contribution < -0.4 is 10.9 Å². The summed E-state index contributed by atoms with van der Waals surface area (Å²) in [6.07, 6.45) is 3.76. The third kappa shape index (κ3) is 6.12. The fourth-order valence-corrected chi connectivity index (χ4v) is 6.32. The molecule has 6 rings (SSSR count). The molecule has 1 fully saturated rings. The highest BCUT2D eigenvalue weighted by atomic mass is 16.7. The Balaban J connectivity index is 1.32. The number of hydrogen-bond acceptors (Lipinski definition) is 9. The third-order valence-corrected chi connectivity index (χ3v) is 8.39. The molecule has 44 heavy (non-hydrogen) atoms. The topological polar surface area (TPSA) is 136 Å². The molecule has 3 N–H and O–H groups in total. The summed E-state index contributed by atoms with van der Waals surface area (Å²) in [6.45, 7) is 6.03. The number of aliphatic hydroxyl groups excluding tert-OH is 2. The Morgan fingerprint density at radius 3 is 2.48 bits per heavy atom. The number of hydrogen-bond donors (Lipinski definition) is 3. The van der Waals surface area contributed by atoms with Crippen LogP contribution >= 0.6 is 0 Å². The predicted molar refractivity (Wildman–Crippen MR) is 166 cm³/mol. The van der Waals surface area contributed by atoms with E-state index in [-0.39, 0.29) is 17.7 Å². The molecule has 232 valence electrons. The first kappa shape index (κ1) is 30.0. The van der Waals surface area contributed by atoms with E-state index in [0.29, 0.717) is 30.5 Å². The molecular weight excluding hydrogens is 560 g/mol. The van der Waals surface area contributed by atoms with Crippen LogP contribution in [-0.2, 0) is 22.4 Å². The van der Waals surface area contributed by atoms with Gasteiger partial charge in [-0.3, -0.25) is 9.36 Å². The lowest BCUT2D eigenvalue weighted by molar-refractivity contribution is -0.0896. The Bertz CT molecular complexity index is 1700. The minimum Gasteiger partial charge on any atom is -0.391 e. The van der Waals surface area contributed by atoms with Crippen LogP contribution in [0.4, 0.5) is 0 Å². The number of aryl methyl sites for hydroxylation is 2. The van der Waals surface area contributed by atoms with Crippen LogP contribution in [0.1, 0.15) is 80.2 Å². The van der Waals surface area contributed by atoms with Crippen LogP contribution in [0.3, 0.4) is 0 Å². The van der Waals surface area contributed by atoms with E-state index < -0.39 is 12.5 Å². The molecule has 11 nitrogen and oxygen atoms in total. The summed E-state index contributed by atoms with van der Waals surface area (Å²) in [4.78, 5) is 24.0. The first-order valence-electron chi connectivity index (χ1n) is 15.5.